The summed E-state index contributed by atoms with van der Waals surface area (Å²) in [5.74, 6) is -0.533. The molecule has 0 radical (unpaired) electrons. The monoisotopic (exact) mass is 420 g/mol. The third kappa shape index (κ3) is 4.24. The fourth-order valence-electron chi connectivity index (χ4n) is 2.68. The summed E-state index contributed by atoms with van der Waals surface area (Å²) in [4.78, 5) is 23.8. The first kappa shape index (κ1) is 20.1. The molecule has 0 fully saturated rings. The third-order valence-corrected chi connectivity index (χ3v) is 6.19. The summed E-state index contributed by atoms with van der Waals surface area (Å²) in [6.07, 6.45) is 0. The van der Waals surface area contributed by atoms with E-state index in [1.165, 1.54) is 43.4 Å². The van der Waals surface area contributed by atoms with Gasteiger partial charge in [0, 0.05) is 35.3 Å². The quantitative estimate of drug-likeness (QED) is 0.640. The van der Waals surface area contributed by atoms with Gasteiger partial charge in [0.05, 0.1) is 11.4 Å². The molecule has 0 unspecified atom stereocenters. The van der Waals surface area contributed by atoms with Gasteiger partial charge < -0.3 is 9.73 Å². The fourth-order valence-corrected chi connectivity index (χ4v) is 3.93. The number of hydrogen-bond donors (Lipinski definition) is 1. The lowest BCUT2D eigenvalue weighted by molar-refractivity contribution is -0.116. The minimum Gasteiger partial charge on any atom is -0.423 e. The maximum atomic E-state index is 12.5. The minimum absolute atomic E-state index is 0.0372. The first-order chi connectivity index (χ1) is 13.2. The van der Waals surface area contributed by atoms with Gasteiger partial charge in [0.2, 0.25) is 15.9 Å². The van der Waals surface area contributed by atoms with Crippen LogP contribution in [0.1, 0.15) is 5.56 Å². The Balaban J connectivity index is 1.75. The van der Waals surface area contributed by atoms with Gasteiger partial charge in [-0.25, -0.2) is 13.2 Å². The average Bonchev–Trinajstić information content (AvgIpc) is 2.61. The van der Waals surface area contributed by atoms with Gasteiger partial charge in [-0.1, -0.05) is 11.6 Å². The lowest BCUT2D eigenvalue weighted by Crippen LogP contribution is -2.34. The number of fused-ring (bicyclic) bond motifs is 1. The number of rotatable bonds is 5. The van der Waals surface area contributed by atoms with Gasteiger partial charge in [0.25, 0.3) is 0 Å². The van der Waals surface area contributed by atoms with Crippen LogP contribution in [-0.4, -0.2) is 32.2 Å². The number of halogens is 1. The zero-order valence-corrected chi connectivity index (χ0v) is 16.7. The number of aryl methyl sites for hydroxylation is 1. The van der Waals surface area contributed by atoms with Crippen LogP contribution >= 0.6 is 11.6 Å². The molecule has 0 atom stereocenters. The Morgan fingerprint density at radius 1 is 1.14 bits per heavy atom. The number of benzene rings is 2. The SMILES string of the molecule is Cc1cc(=O)oc2cc(NC(=O)CN(C)S(=O)(=O)c3ccc(Cl)cc3)ccc12. The number of anilines is 1. The van der Waals surface area contributed by atoms with Crippen LogP contribution in [0, 0.1) is 6.92 Å². The lowest BCUT2D eigenvalue weighted by Gasteiger charge is -2.17. The van der Waals surface area contributed by atoms with Crippen LogP contribution in [0.3, 0.4) is 0 Å². The normalized spacial score (nSPS) is 11.7. The summed E-state index contributed by atoms with van der Waals surface area (Å²) in [6.45, 7) is 1.40. The zero-order valence-electron chi connectivity index (χ0n) is 15.1. The van der Waals surface area contributed by atoms with Gasteiger partial charge in [0.1, 0.15) is 5.58 Å². The second-order valence-corrected chi connectivity index (χ2v) is 8.70. The summed E-state index contributed by atoms with van der Waals surface area (Å²) in [7, 11) is -2.52. The molecule has 146 valence electrons. The molecular weight excluding hydrogens is 404 g/mol. The standard InChI is InChI=1S/C19H17ClN2O5S/c1-12-9-19(24)27-17-10-14(5-8-16(12)17)21-18(23)11-22(2)28(25,26)15-6-3-13(20)4-7-15/h3-10H,11H2,1-2H3,(H,21,23). The first-order valence-corrected chi connectivity index (χ1v) is 10.0. The van der Waals surface area contributed by atoms with E-state index in [0.717, 1.165) is 15.3 Å². The van der Waals surface area contributed by atoms with Crippen LogP contribution < -0.4 is 10.9 Å². The van der Waals surface area contributed by atoms with Crippen LogP contribution in [0.2, 0.25) is 5.02 Å². The van der Waals surface area contributed by atoms with Crippen molar-refractivity contribution in [3.63, 3.8) is 0 Å². The van der Waals surface area contributed by atoms with Gasteiger partial charge >= 0.3 is 5.63 Å². The molecule has 0 bridgehead atoms. The number of hydrogen-bond acceptors (Lipinski definition) is 5. The number of carbonyl (C=O) groups excluding carboxylic acids is 1. The zero-order chi connectivity index (χ0) is 20.5. The molecule has 0 aliphatic carbocycles. The Morgan fingerprint density at radius 3 is 2.50 bits per heavy atom. The molecule has 1 heterocycles. The topological polar surface area (TPSA) is 96.7 Å². The van der Waals surface area contributed by atoms with Crippen molar-refractivity contribution >= 4 is 44.2 Å². The predicted octanol–water partition coefficient (Wildman–Crippen LogP) is 3.01. The minimum atomic E-state index is -3.83. The van der Waals surface area contributed by atoms with Crippen molar-refractivity contribution in [3.8, 4) is 0 Å². The molecule has 3 rings (SSSR count). The molecule has 0 aliphatic rings. The van der Waals surface area contributed by atoms with E-state index in [-0.39, 0.29) is 11.4 Å². The Bertz CT molecular complexity index is 1200. The molecule has 0 saturated carbocycles. The van der Waals surface area contributed by atoms with Crippen molar-refractivity contribution in [2.75, 3.05) is 18.9 Å². The number of amides is 1. The molecule has 9 heteroatoms. The molecule has 28 heavy (non-hydrogen) atoms. The number of nitrogens with zero attached hydrogens (tertiary/aromatic N) is 1. The smallest absolute Gasteiger partial charge is 0.336 e. The van der Waals surface area contributed by atoms with Crippen molar-refractivity contribution in [1.82, 2.24) is 4.31 Å². The van der Waals surface area contributed by atoms with E-state index in [9.17, 15) is 18.0 Å². The fraction of sp³-hybridized carbons (Fsp3) is 0.158. The molecule has 1 aromatic heterocycles. The Hall–Kier alpha value is -2.68. The van der Waals surface area contributed by atoms with Crippen LogP contribution in [0.4, 0.5) is 5.69 Å². The van der Waals surface area contributed by atoms with E-state index in [1.54, 1.807) is 19.1 Å². The number of carbonyl (C=O) groups is 1. The maximum absolute atomic E-state index is 12.5. The second kappa shape index (κ2) is 7.75. The highest BCUT2D eigenvalue weighted by atomic mass is 35.5. The highest BCUT2D eigenvalue weighted by Crippen LogP contribution is 2.21. The van der Waals surface area contributed by atoms with E-state index in [2.05, 4.69) is 5.32 Å². The van der Waals surface area contributed by atoms with Crippen molar-refractivity contribution < 1.29 is 17.6 Å². The van der Waals surface area contributed by atoms with E-state index < -0.39 is 21.6 Å². The van der Waals surface area contributed by atoms with E-state index in [0.29, 0.717) is 16.3 Å². The van der Waals surface area contributed by atoms with E-state index >= 15 is 0 Å². The van der Waals surface area contributed by atoms with Gasteiger partial charge in [-0.05, 0) is 48.9 Å². The highest BCUT2D eigenvalue weighted by Gasteiger charge is 2.23. The van der Waals surface area contributed by atoms with Gasteiger partial charge in [-0.15, -0.1) is 0 Å². The van der Waals surface area contributed by atoms with Crippen LogP contribution in [-0.2, 0) is 14.8 Å². The van der Waals surface area contributed by atoms with E-state index in [4.69, 9.17) is 16.0 Å². The summed E-state index contributed by atoms with van der Waals surface area (Å²) in [6, 6.07) is 12.0. The summed E-state index contributed by atoms with van der Waals surface area (Å²) in [5, 5.41) is 3.77. The first-order valence-electron chi connectivity index (χ1n) is 8.23. The van der Waals surface area contributed by atoms with Crippen molar-refractivity contribution in [1.29, 1.82) is 0 Å². The van der Waals surface area contributed by atoms with Gasteiger partial charge in [-0.2, -0.15) is 4.31 Å². The number of sulfonamides is 1. The highest BCUT2D eigenvalue weighted by molar-refractivity contribution is 7.89. The van der Waals surface area contributed by atoms with Crippen LogP contribution in [0.5, 0.6) is 0 Å². The maximum Gasteiger partial charge on any atom is 0.336 e. The predicted molar refractivity (Wildman–Crippen MR) is 107 cm³/mol. The molecule has 0 spiro atoms. The largest absolute Gasteiger partial charge is 0.423 e. The average molecular weight is 421 g/mol. The Morgan fingerprint density at radius 2 is 1.82 bits per heavy atom. The lowest BCUT2D eigenvalue weighted by atomic mass is 10.1. The molecule has 7 nitrogen and oxygen atoms in total. The molecule has 0 saturated heterocycles. The number of likely N-dealkylation sites (N-methyl/N-ethyl adjacent to an activating group) is 1. The molecule has 3 aromatic rings. The summed E-state index contributed by atoms with van der Waals surface area (Å²) >= 11 is 5.78. The second-order valence-electron chi connectivity index (χ2n) is 6.22. The Kier molecular flexibility index (Phi) is 5.55. The van der Waals surface area contributed by atoms with Crippen LogP contribution in [0.25, 0.3) is 11.0 Å². The molecule has 0 aliphatic heterocycles. The third-order valence-electron chi connectivity index (χ3n) is 4.12. The summed E-state index contributed by atoms with van der Waals surface area (Å²) in [5.41, 5.74) is 1.01. The van der Waals surface area contributed by atoms with Crippen molar-refractivity contribution in [2.45, 2.75) is 11.8 Å². The van der Waals surface area contributed by atoms with Gasteiger partial charge in [-0.3, -0.25) is 4.79 Å². The van der Waals surface area contributed by atoms with Crippen LogP contribution in [0.15, 0.2) is 62.6 Å². The molecule has 2 aromatic carbocycles. The molecule has 1 amide bonds. The van der Waals surface area contributed by atoms with Crippen molar-refractivity contribution in [2.24, 2.45) is 0 Å². The van der Waals surface area contributed by atoms with E-state index in [1.807, 2.05) is 0 Å². The van der Waals surface area contributed by atoms with Gasteiger partial charge in [0.15, 0.2) is 0 Å². The Labute approximate surface area is 166 Å². The molecular formula is C19H17ClN2O5S. The number of nitrogens with one attached hydrogen (secondary N) is 1. The molecule has 1 N–H and O–H groups in total. The summed E-state index contributed by atoms with van der Waals surface area (Å²) < 4.78 is 31.2. The van der Waals surface area contributed by atoms with Crippen molar-refractivity contribution in [3.05, 3.63) is 69.5 Å².